The second-order valence-electron chi connectivity index (χ2n) is 6.79. The lowest BCUT2D eigenvalue weighted by Crippen LogP contribution is -2.13. The first-order chi connectivity index (χ1) is 15.0. The van der Waals surface area contributed by atoms with E-state index < -0.39 is 5.97 Å². The van der Waals surface area contributed by atoms with Gasteiger partial charge in [0.1, 0.15) is 0 Å². The summed E-state index contributed by atoms with van der Waals surface area (Å²) >= 11 is 0. The fourth-order valence-electron chi connectivity index (χ4n) is 3.09. The summed E-state index contributed by atoms with van der Waals surface area (Å²) in [6.07, 6.45) is 1.68. The van der Waals surface area contributed by atoms with Crippen LogP contribution >= 0.6 is 0 Å². The number of ether oxygens (including phenoxy) is 1. The summed E-state index contributed by atoms with van der Waals surface area (Å²) in [5.41, 5.74) is 3.70. The van der Waals surface area contributed by atoms with Gasteiger partial charge in [-0.15, -0.1) is 0 Å². The van der Waals surface area contributed by atoms with E-state index >= 15 is 0 Å². The number of amides is 1. The highest BCUT2D eigenvalue weighted by Gasteiger charge is 2.14. The van der Waals surface area contributed by atoms with Crippen LogP contribution in [0.25, 0.3) is 11.4 Å². The molecule has 2 heterocycles. The average molecular weight is 415 g/mol. The first kappa shape index (κ1) is 20.1. The molecule has 0 aliphatic heterocycles. The van der Waals surface area contributed by atoms with E-state index in [9.17, 15) is 9.59 Å². The maximum Gasteiger partial charge on any atom is 0.358 e. The fourth-order valence-corrected chi connectivity index (χ4v) is 3.09. The van der Waals surface area contributed by atoms with Crippen LogP contribution in [0.4, 0.5) is 5.69 Å². The fraction of sp³-hybridized carbons (Fsp3) is 0.130. The standard InChI is InChI=1S/C23H21N5O3/c1-3-31-23(30)20-13-14-27(25-20)18-11-9-17(10-12-18)24-22(29)21-15-16(2)28(26-21)19-7-5-4-6-8-19/h4-15H,3H2,1-2H3,(H,24,29). The minimum Gasteiger partial charge on any atom is -0.461 e. The Hall–Kier alpha value is -4.20. The van der Waals surface area contributed by atoms with Gasteiger partial charge in [-0.25, -0.2) is 14.2 Å². The molecule has 156 valence electrons. The zero-order valence-corrected chi connectivity index (χ0v) is 17.1. The van der Waals surface area contributed by atoms with Gasteiger partial charge in [0.25, 0.3) is 5.91 Å². The lowest BCUT2D eigenvalue weighted by molar-refractivity contribution is 0.0519. The van der Waals surface area contributed by atoms with Crippen molar-refractivity contribution >= 4 is 17.6 Å². The highest BCUT2D eigenvalue weighted by Crippen LogP contribution is 2.16. The SMILES string of the molecule is CCOC(=O)c1ccn(-c2ccc(NC(=O)c3cc(C)n(-c4ccccc4)n3)cc2)n1. The van der Waals surface area contributed by atoms with Crippen molar-refractivity contribution in [2.24, 2.45) is 0 Å². The van der Waals surface area contributed by atoms with Crippen LogP contribution in [0, 0.1) is 6.92 Å². The molecule has 1 amide bonds. The number of benzene rings is 2. The molecule has 0 saturated heterocycles. The van der Waals surface area contributed by atoms with Crippen molar-refractivity contribution in [1.82, 2.24) is 19.6 Å². The quantitative estimate of drug-likeness (QED) is 0.484. The molecule has 0 radical (unpaired) electrons. The Morgan fingerprint density at radius 3 is 2.39 bits per heavy atom. The predicted molar refractivity (Wildman–Crippen MR) is 116 cm³/mol. The topological polar surface area (TPSA) is 91.0 Å². The molecule has 0 bridgehead atoms. The molecule has 1 N–H and O–H groups in total. The number of para-hydroxylation sites is 1. The molecule has 0 aliphatic carbocycles. The Morgan fingerprint density at radius 2 is 1.68 bits per heavy atom. The third-order valence-corrected chi connectivity index (χ3v) is 4.58. The Labute approximate surface area is 179 Å². The molecule has 0 unspecified atom stereocenters. The Kier molecular flexibility index (Phi) is 5.61. The summed E-state index contributed by atoms with van der Waals surface area (Å²) in [5, 5.41) is 11.5. The van der Waals surface area contributed by atoms with Crippen molar-refractivity contribution in [3.63, 3.8) is 0 Å². The van der Waals surface area contributed by atoms with Crippen LogP contribution in [0.1, 0.15) is 33.6 Å². The number of hydrogen-bond donors (Lipinski definition) is 1. The smallest absolute Gasteiger partial charge is 0.358 e. The Morgan fingerprint density at radius 1 is 0.935 bits per heavy atom. The van der Waals surface area contributed by atoms with E-state index in [1.54, 1.807) is 58.9 Å². The van der Waals surface area contributed by atoms with Crippen molar-refractivity contribution in [3.05, 3.63) is 90.0 Å². The summed E-state index contributed by atoms with van der Waals surface area (Å²) in [6, 6.07) is 20.1. The molecule has 4 aromatic rings. The van der Waals surface area contributed by atoms with E-state index in [0.29, 0.717) is 18.0 Å². The first-order valence-corrected chi connectivity index (χ1v) is 9.82. The van der Waals surface area contributed by atoms with E-state index in [1.165, 1.54) is 0 Å². The van der Waals surface area contributed by atoms with Gasteiger partial charge in [-0.1, -0.05) is 18.2 Å². The van der Waals surface area contributed by atoms with Crippen LogP contribution in [-0.2, 0) is 4.74 Å². The monoisotopic (exact) mass is 415 g/mol. The summed E-state index contributed by atoms with van der Waals surface area (Å²) in [5.74, 6) is -0.760. The van der Waals surface area contributed by atoms with Crippen molar-refractivity contribution in [2.45, 2.75) is 13.8 Å². The molecule has 0 spiro atoms. The van der Waals surface area contributed by atoms with Gasteiger partial charge in [-0.3, -0.25) is 4.79 Å². The van der Waals surface area contributed by atoms with E-state index in [2.05, 4.69) is 15.5 Å². The van der Waals surface area contributed by atoms with E-state index in [0.717, 1.165) is 17.1 Å². The number of aromatic nitrogens is 4. The number of anilines is 1. The number of nitrogens with one attached hydrogen (secondary N) is 1. The zero-order chi connectivity index (χ0) is 21.8. The van der Waals surface area contributed by atoms with Crippen LogP contribution in [0.3, 0.4) is 0 Å². The van der Waals surface area contributed by atoms with Crippen LogP contribution in [0.15, 0.2) is 72.9 Å². The normalized spacial score (nSPS) is 10.6. The number of nitrogens with zero attached hydrogens (tertiary/aromatic N) is 4. The van der Waals surface area contributed by atoms with Gasteiger partial charge < -0.3 is 10.1 Å². The van der Waals surface area contributed by atoms with Gasteiger partial charge in [0, 0.05) is 17.6 Å². The van der Waals surface area contributed by atoms with Gasteiger partial charge in [-0.2, -0.15) is 10.2 Å². The molecule has 2 aromatic carbocycles. The molecular formula is C23H21N5O3. The maximum absolute atomic E-state index is 12.6. The van der Waals surface area contributed by atoms with Crippen molar-refractivity contribution in [3.8, 4) is 11.4 Å². The minimum atomic E-state index is -0.463. The molecule has 4 rings (SSSR count). The lowest BCUT2D eigenvalue weighted by Gasteiger charge is -2.06. The van der Waals surface area contributed by atoms with E-state index in [-0.39, 0.29) is 11.6 Å². The number of aryl methyl sites for hydroxylation is 1. The maximum atomic E-state index is 12.6. The van der Waals surface area contributed by atoms with Crippen molar-refractivity contribution in [2.75, 3.05) is 11.9 Å². The molecule has 31 heavy (non-hydrogen) atoms. The van der Waals surface area contributed by atoms with Crippen LogP contribution in [0.2, 0.25) is 0 Å². The first-order valence-electron chi connectivity index (χ1n) is 9.82. The number of esters is 1. The summed E-state index contributed by atoms with van der Waals surface area (Å²) in [6.45, 7) is 3.94. The van der Waals surface area contributed by atoms with Crippen molar-refractivity contribution < 1.29 is 14.3 Å². The third kappa shape index (κ3) is 4.37. The molecular weight excluding hydrogens is 394 g/mol. The van der Waals surface area contributed by atoms with Gasteiger partial charge in [0.2, 0.25) is 0 Å². The molecule has 0 saturated carbocycles. The average Bonchev–Trinajstić information content (AvgIpc) is 3.42. The van der Waals surface area contributed by atoms with Crippen molar-refractivity contribution in [1.29, 1.82) is 0 Å². The second kappa shape index (κ2) is 8.66. The van der Waals surface area contributed by atoms with Crippen LogP contribution in [0.5, 0.6) is 0 Å². The number of carbonyl (C=O) groups is 2. The van der Waals surface area contributed by atoms with Gasteiger partial charge in [0.15, 0.2) is 11.4 Å². The summed E-state index contributed by atoms with van der Waals surface area (Å²) in [4.78, 5) is 24.4. The molecule has 0 aliphatic rings. The number of rotatable bonds is 6. The number of hydrogen-bond acceptors (Lipinski definition) is 5. The van der Waals surface area contributed by atoms with Crippen LogP contribution < -0.4 is 5.32 Å². The second-order valence-corrected chi connectivity index (χ2v) is 6.79. The minimum absolute atomic E-state index is 0.239. The van der Waals surface area contributed by atoms with Crippen LogP contribution in [-0.4, -0.2) is 38.0 Å². The Bertz CT molecular complexity index is 1210. The lowest BCUT2D eigenvalue weighted by atomic mass is 10.2. The van der Waals surface area contributed by atoms with E-state index in [4.69, 9.17) is 4.74 Å². The van der Waals surface area contributed by atoms with Gasteiger partial charge in [0.05, 0.1) is 18.0 Å². The van der Waals surface area contributed by atoms with Gasteiger partial charge >= 0.3 is 5.97 Å². The summed E-state index contributed by atoms with van der Waals surface area (Å²) in [7, 11) is 0. The highest BCUT2D eigenvalue weighted by molar-refractivity contribution is 6.03. The highest BCUT2D eigenvalue weighted by atomic mass is 16.5. The predicted octanol–water partition coefficient (Wildman–Crippen LogP) is 3.80. The zero-order valence-electron chi connectivity index (χ0n) is 17.1. The Balaban J connectivity index is 1.46. The molecule has 8 nitrogen and oxygen atoms in total. The number of carbonyl (C=O) groups excluding carboxylic acids is 2. The summed E-state index contributed by atoms with van der Waals surface area (Å²) < 4.78 is 8.26. The molecule has 2 aromatic heterocycles. The third-order valence-electron chi connectivity index (χ3n) is 4.58. The largest absolute Gasteiger partial charge is 0.461 e. The molecule has 0 atom stereocenters. The molecule has 8 heteroatoms. The molecule has 0 fully saturated rings. The van der Waals surface area contributed by atoms with E-state index in [1.807, 2.05) is 37.3 Å². The van der Waals surface area contributed by atoms with Gasteiger partial charge in [-0.05, 0) is 62.4 Å².